The second-order valence-corrected chi connectivity index (χ2v) is 9.02. The number of aromatic amines is 2. The van der Waals surface area contributed by atoms with Gasteiger partial charge in [0.25, 0.3) is 5.56 Å². The molecular formula is C24H25ClN6O2. The highest BCUT2D eigenvalue weighted by Crippen LogP contribution is 2.35. The number of halogens is 1. The van der Waals surface area contributed by atoms with E-state index in [1.165, 1.54) is 0 Å². The minimum absolute atomic E-state index is 0.190. The van der Waals surface area contributed by atoms with Crippen LogP contribution in [0.3, 0.4) is 0 Å². The van der Waals surface area contributed by atoms with Crippen LogP contribution in [0.5, 0.6) is 0 Å². The number of imidazole rings is 1. The van der Waals surface area contributed by atoms with E-state index >= 15 is 0 Å². The number of para-hydroxylation sites is 1. The molecule has 2 saturated heterocycles. The SMILES string of the molecule is O=c1[nH]c2ccc(Cl)cc2c(N[C@H]2CCNC2)c1-c1nc2c(N3CCOCC3)cccc2[nH]1. The lowest BCUT2D eigenvalue weighted by molar-refractivity contribution is 0.123. The van der Waals surface area contributed by atoms with Crippen LogP contribution in [0.25, 0.3) is 33.3 Å². The molecule has 0 amide bonds. The Morgan fingerprint density at radius 1 is 1.12 bits per heavy atom. The van der Waals surface area contributed by atoms with Crippen molar-refractivity contribution in [3.05, 3.63) is 51.8 Å². The maximum Gasteiger partial charge on any atom is 0.261 e. The number of ether oxygens (including phenoxy) is 1. The topological polar surface area (TPSA) is 98.1 Å². The summed E-state index contributed by atoms with van der Waals surface area (Å²) in [4.78, 5) is 27.0. The first-order valence-electron chi connectivity index (χ1n) is 11.3. The van der Waals surface area contributed by atoms with E-state index in [9.17, 15) is 4.79 Å². The van der Waals surface area contributed by atoms with Crippen molar-refractivity contribution in [1.29, 1.82) is 0 Å². The summed E-state index contributed by atoms with van der Waals surface area (Å²) < 4.78 is 5.51. The zero-order chi connectivity index (χ0) is 22.4. The third-order valence-electron chi connectivity index (χ3n) is 6.46. The second-order valence-electron chi connectivity index (χ2n) is 8.59. The van der Waals surface area contributed by atoms with E-state index in [4.69, 9.17) is 21.3 Å². The molecule has 2 aliphatic heterocycles. The van der Waals surface area contributed by atoms with Gasteiger partial charge in [0.15, 0.2) is 0 Å². The number of pyridine rings is 1. The van der Waals surface area contributed by atoms with Crippen molar-refractivity contribution in [2.75, 3.05) is 49.6 Å². The number of nitrogens with zero attached hydrogens (tertiary/aromatic N) is 2. The molecule has 0 spiro atoms. The van der Waals surface area contributed by atoms with E-state index in [0.717, 1.165) is 65.9 Å². The Kier molecular flexibility index (Phi) is 5.21. The molecule has 9 heteroatoms. The molecule has 170 valence electrons. The molecule has 2 aromatic carbocycles. The van der Waals surface area contributed by atoms with Gasteiger partial charge in [-0.05, 0) is 43.3 Å². The Morgan fingerprint density at radius 3 is 2.82 bits per heavy atom. The predicted octanol–water partition coefficient (Wildman–Crippen LogP) is 3.34. The molecule has 0 aliphatic carbocycles. The van der Waals surface area contributed by atoms with Gasteiger partial charge in [0.05, 0.1) is 35.6 Å². The molecule has 8 nitrogen and oxygen atoms in total. The molecule has 33 heavy (non-hydrogen) atoms. The molecule has 2 fully saturated rings. The fourth-order valence-corrected chi connectivity index (χ4v) is 4.99. The number of anilines is 2. The van der Waals surface area contributed by atoms with Crippen molar-refractivity contribution >= 4 is 44.9 Å². The van der Waals surface area contributed by atoms with Crippen LogP contribution in [-0.2, 0) is 4.74 Å². The number of rotatable bonds is 4. The summed E-state index contributed by atoms with van der Waals surface area (Å²) >= 11 is 6.35. The Morgan fingerprint density at radius 2 is 2.00 bits per heavy atom. The van der Waals surface area contributed by atoms with Crippen LogP contribution in [0.4, 0.5) is 11.4 Å². The normalized spacial score (nSPS) is 18.9. The predicted molar refractivity (Wildman–Crippen MR) is 133 cm³/mol. The standard InChI is InChI=1S/C24H25ClN6O2/c25-14-4-5-17-16(12-14)21(27-15-6-7-26-13-15)20(24(32)29-17)23-28-18-2-1-3-19(22(18)30-23)31-8-10-33-11-9-31/h1-5,12,15,26H,6-11,13H2,(H,28,30)(H2,27,29,32)/t15-/m0/s1. The molecular weight excluding hydrogens is 440 g/mol. The first kappa shape index (κ1) is 20.5. The highest BCUT2D eigenvalue weighted by Gasteiger charge is 2.23. The summed E-state index contributed by atoms with van der Waals surface area (Å²) in [7, 11) is 0. The molecule has 0 bridgehead atoms. The molecule has 6 rings (SSSR count). The summed E-state index contributed by atoms with van der Waals surface area (Å²) in [5.41, 5.74) is 4.62. The largest absolute Gasteiger partial charge is 0.380 e. The quantitative estimate of drug-likeness (QED) is 0.370. The van der Waals surface area contributed by atoms with Gasteiger partial charge < -0.3 is 30.2 Å². The minimum atomic E-state index is -0.190. The highest BCUT2D eigenvalue weighted by molar-refractivity contribution is 6.31. The van der Waals surface area contributed by atoms with Crippen LogP contribution < -0.4 is 21.1 Å². The molecule has 4 aromatic rings. The van der Waals surface area contributed by atoms with Crippen LogP contribution in [0, 0.1) is 0 Å². The number of aromatic nitrogens is 3. The minimum Gasteiger partial charge on any atom is -0.380 e. The van der Waals surface area contributed by atoms with Gasteiger partial charge in [0.2, 0.25) is 0 Å². The summed E-state index contributed by atoms with van der Waals surface area (Å²) in [6, 6.07) is 11.8. The fourth-order valence-electron chi connectivity index (χ4n) is 4.82. The van der Waals surface area contributed by atoms with Crippen molar-refractivity contribution in [2.45, 2.75) is 12.5 Å². The van der Waals surface area contributed by atoms with Crippen molar-refractivity contribution in [3.8, 4) is 11.4 Å². The smallest absolute Gasteiger partial charge is 0.261 e. The van der Waals surface area contributed by atoms with Crippen LogP contribution in [-0.4, -0.2) is 60.4 Å². The number of nitrogens with one attached hydrogen (secondary N) is 4. The summed E-state index contributed by atoms with van der Waals surface area (Å²) in [5, 5.41) is 8.48. The van der Waals surface area contributed by atoms with Crippen LogP contribution >= 0.6 is 11.6 Å². The number of hydrogen-bond donors (Lipinski definition) is 4. The van der Waals surface area contributed by atoms with E-state index in [0.29, 0.717) is 29.6 Å². The number of morpholine rings is 1. The average molecular weight is 465 g/mol. The molecule has 4 N–H and O–H groups in total. The van der Waals surface area contributed by atoms with Crippen LogP contribution in [0.1, 0.15) is 6.42 Å². The maximum absolute atomic E-state index is 13.3. The third-order valence-corrected chi connectivity index (χ3v) is 6.70. The van der Waals surface area contributed by atoms with Gasteiger partial charge in [0.1, 0.15) is 16.9 Å². The van der Waals surface area contributed by atoms with Gasteiger partial charge in [-0.2, -0.15) is 0 Å². The van der Waals surface area contributed by atoms with E-state index in [-0.39, 0.29) is 11.6 Å². The van der Waals surface area contributed by atoms with Crippen molar-refractivity contribution < 1.29 is 4.74 Å². The molecule has 2 aromatic heterocycles. The van der Waals surface area contributed by atoms with Gasteiger partial charge in [0, 0.05) is 36.1 Å². The Balaban J connectivity index is 1.54. The fraction of sp³-hybridized carbons (Fsp3) is 0.333. The van der Waals surface area contributed by atoms with E-state index in [1.807, 2.05) is 24.3 Å². The molecule has 0 saturated carbocycles. The first-order chi connectivity index (χ1) is 16.2. The zero-order valence-electron chi connectivity index (χ0n) is 18.1. The van der Waals surface area contributed by atoms with Gasteiger partial charge in [-0.1, -0.05) is 17.7 Å². The second kappa shape index (κ2) is 8.37. The van der Waals surface area contributed by atoms with Crippen LogP contribution in [0.2, 0.25) is 5.02 Å². The molecule has 0 radical (unpaired) electrons. The lowest BCUT2D eigenvalue weighted by Gasteiger charge is -2.28. The van der Waals surface area contributed by atoms with E-state index in [2.05, 4.69) is 31.6 Å². The zero-order valence-corrected chi connectivity index (χ0v) is 18.8. The number of fused-ring (bicyclic) bond motifs is 2. The Labute approximate surface area is 195 Å². The van der Waals surface area contributed by atoms with Gasteiger partial charge in [-0.25, -0.2) is 4.98 Å². The van der Waals surface area contributed by atoms with Crippen LogP contribution in [0.15, 0.2) is 41.2 Å². The lowest BCUT2D eigenvalue weighted by atomic mass is 10.1. The number of hydrogen-bond acceptors (Lipinski definition) is 6. The van der Waals surface area contributed by atoms with E-state index in [1.54, 1.807) is 6.07 Å². The summed E-state index contributed by atoms with van der Waals surface area (Å²) in [6.07, 6.45) is 0.982. The molecule has 0 unspecified atom stereocenters. The number of benzene rings is 2. The maximum atomic E-state index is 13.3. The summed E-state index contributed by atoms with van der Waals surface area (Å²) in [6.45, 7) is 4.82. The van der Waals surface area contributed by atoms with Crippen molar-refractivity contribution in [1.82, 2.24) is 20.3 Å². The average Bonchev–Trinajstić information content (AvgIpc) is 3.49. The van der Waals surface area contributed by atoms with Gasteiger partial charge in [-0.3, -0.25) is 4.79 Å². The molecule has 2 aliphatic rings. The van der Waals surface area contributed by atoms with E-state index < -0.39 is 0 Å². The number of H-pyrrole nitrogens is 2. The van der Waals surface area contributed by atoms with Crippen molar-refractivity contribution in [2.24, 2.45) is 0 Å². The lowest BCUT2D eigenvalue weighted by Crippen LogP contribution is -2.36. The van der Waals surface area contributed by atoms with Gasteiger partial charge >= 0.3 is 0 Å². The highest BCUT2D eigenvalue weighted by atomic mass is 35.5. The summed E-state index contributed by atoms with van der Waals surface area (Å²) in [5.74, 6) is 0.544. The monoisotopic (exact) mass is 464 g/mol. The molecule has 4 heterocycles. The third kappa shape index (κ3) is 3.74. The first-order valence-corrected chi connectivity index (χ1v) is 11.7. The van der Waals surface area contributed by atoms with Crippen molar-refractivity contribution in [3.63, 3.8) is 0 Å². The van der Waals surface area contributed by atoms with Gasteiger partial charge in [-0.15, -0.1) is 0 Å². The Hall–Kier alpha value is -3.07. The molecule has 1 atom stereocenters. The Bertz CT molecular complexity index is 1390.